The Labute approximate surface area is 319 Å². The summed E-state index contributed by atoms with van der Waals surface area (Å²) in [5, 5.41) is 15.7. The molecule has 0 fully saturated rings. The van der Waals surface area contributed by atoms with Crippen LogP contribution in [0.5, 0.6) is 0 Å². The SMILES string of the molecule is c1ccc2c(-c3c4ccccc4c(-c4ccc5cc(-c6ccc7c(c6)sc6ccc8sc9ccccc9c8c67)ccc5c4)c4ccccc34)cccc2c1. The summed E-state index contributed by atoms with van der Waals surface area (Å²) in [7, 11) is 0. The van der Waals surface area contributed by atoms with E-state index in [1.807, 2.05) is 22.7 Å². The second-order valence-electron chi connectivity index (χ2n) is 14.4. The van der Waals surface area contributed by atoms with Crippen molar-refractivity contribution in [3.8, 4) is 33.4 Å². The first-order valence-corrected chi connectivity index (χ1v) is 20.1. The first kappa shape index (κ1) is 30.2. The van der Waals surface area contributed by atoms with Crippen LogP contribution in [-0.4, -0.2) is 0 Å². The Morgan fingerprint density at radius 1 is 0.259 bits per heavy atom. The molecule has 2 heterocycles. The van der Waals surface area contributed by atoms with E-state index in [1.54, 1.807) is 0 Å². The Balaban J connectivity index is 0.997. The first-order valence-electron chi connectivity index (χ1n) is 18.5. The highest BCUT2D eigenvalue weighted by molar-refractivity contribution is 7.28. The molecule has 0 nitrogen and oxygen atoms in total. The lowest BCUT2D eigenvalue weighted by atomic mass is 9.84. The molecule has 0 saturated heterocycles. The van der Waals surface area contributed by atoms with E-state index in [0.717, 1.165) is 0 Å². The van der Waals surface area contributed by atoms with Crippen LogP contribution in [0, 0.1) is 0 Å². The maximum absolute atomic E-state index is 2.39. The van der Waals surface area contributed by atoms with Crippen molar-refractivity contribution in [1.82, 2.24) is 0 Å². The molecule has 0 atom stereocenters. The summed E-state index contributed by atoms with van der Waals surface area (Å²) in [4.78, 5) is 0. The van der Waals surface area contributed by atoms with E-state index in [0.29, 0.717) is 0 Å². The molecule has 2 heteroatoms. The maximum atomic E-state index is 2.39. The predicted octanol–water partition coefficient (Wildman–Crippen LogP) is 16.0. The lowest BCUT2D eigenvalue weighted by Crippen LogP contribution is -1.91. The summed E-state index contributed by atoms with van der Waals surface area (Å²) in [5.74, 6) is 0. The molecule has 12 aromatic rings. The van der Waals surface area contributed by atoms with Gasteiger partial charge in [-0.15, -0.1) is 22.7 Å². The average molecular weight is 719 g/mol. The van der Waals surface area contributed by atoms with Gasteiger partial charge < -0.3 is 0 Å². The second-order valence-corrected chi connectivity index (χ2v) is 16.5. The van der Waals surface area contributed by atoms with E-state index in [9.17, 15) is 0 Å². The van der Waals surface area contributed by atoms with E-state index >= 15 is 0 Å². The molecule has 0 amide bonds. The minimum atomic E-state index is 1.24. The van der Waals surface area contributed by atoms with Gasteiger partial charge in [0.15, 0.2) is 0 Å². The molecule has 0 N–H and O–H groups in total. The Hall–Kier alpha value is -6.32. The molecule has 54 heavy (non-hydrogen) atoms. The number of fused-ring (bicyclic) bond motifs is 11. The summed E-state index contributed by atoms with van der Waals surface area (Å²) in [6, 6.07) is 67.8. The van der Waals surface area contributed by atoms with Gasteiger partial charge in [-0.25, -0.2) is 0 Å². The third-order valence-electron chi connectivity index (χ3n) is 11.4. The van der Waals surface area contributed by atoms with Gasteiger partial charge in [-0.2, -0.15) is 0 Å². The van der Waals surface area contributed by atoms with Crippen molar-refractivity contribution in [3.05, 3.63) is 182 Å². The molecule has 10 aromatic carbocycles. The summed E-state index contributed by atoms with van der Waals surface area (Å²) in [6.45, 7) is 0. The summed E-state index contributed by atoms with van der Waals surface area (Å²) < 4.78 is 5.42. The van der Waals surface area contributed by atoms with E-state index < -0.39 is 0 Å². The highest BCUT2D eigenvalue weighted by Crippen LogP contribution is 2.47. The number of benzene rings is 10. The largest absolute Gasteiger partial charge is 0.135 e. The van der Waals surface area contributed by atoms with Crippen molar-refractivity contribution < 1.29 is 0 Å². The van der Waals surface area contributed by atoms with Crippen LogP contribution in [-0.2, 0) is 0 Å². The van der Waals surface area contributed by atoms with Crippen molar-refractivity contribution in [3.63, 3.8) is 0 Å². The van der Waals surface area contributed by atoms with Gasteiger partial charge in [-0.3, -0.25) is 0 Å². The van der Waals surface area contributed by atoms with E-state index in [-0.39, 0.29) is 0 Å². The normalized spacial score (nSPS) is 12.1. The van der Waals surface area contributed by atoms with Gasteiger partial charge in [0.25, 0.3) is 0 Å². The second kappa shape index (κ2) is 11.6. The van der Waals surface area contributed by atoms with Crippen LogP contribution in [0.2, 0.25) is 0 Å². The van der Waals surface area contributed by atoms with Crippen LogP contribution >= 0.6 is 22.7 Å². The highest BCUT2D eigenvalue weighted by atomic mass is 32.1. The molecule has 0 spiro atoms. The van der Waals surface area contributed by atoms with Crippen LogP contribution in [0.1, 0.15) is 0 Å². The molecule has 0 saturated carbocycles. The van der Waals surface area contributed by atoms with Gasteiger partial charge in [0.05, 0.1) is 0 Å². The fraction of sp³-hybridized carbons (Fsp3) is 0. The number of hydrogen-bond donors (Lipinski definition) is 0. The summed E-state index contributed by atoms with van der Waals surface area (Å²) in [5.41, 5.74) is 7.62. The number of rotatable bonds is 3. The molecule has 0 bridgehead atoms. The fourth-order valence-corrected chi connectivity index (χ4v) is 11.3. The van der Waals surface area contributed by atoms with Crippen LogP contribution in [0.25, 0.3) is 117 Å². The van der Waals surface area contributed by atoms with Crippen molar-refractivity contribution in [2.24, 2.45) is 0 Å². The standard InChI is InChI=1S/C52H30S2/c1-2-12-37-31(10-1)11-9-18-38(37)50-41-15-5-3-13-39(41)49(40-14-4-6-16-42(40)50)36-23-22-32-28-33(20-21-34(32)29-36)35-24-25-44-48(30-35)54-47-27-26-46-51(52(44)47)43-17-7-8-19-45(43)53-46/h1-30H. The van der Waals surface area contributed by atoms with Crippen molar-refractivity contribution in [2.75, 3.05) is 0 Å². The molecule has 2 aromatic heterocycles. The quantitative estimate of drug-likeness (QED) is 0.160. The van der Waals surface area contributed by atoms with Crippen LogP contribution in [0.3, 0.4) is 0 Å². The topological polar surface area (TPSA) is 0 Å². The first-order chi connectivity index (χ1) is 26.8. The monoisotopic (exact) mass is 718 g/mol. The average Bonchev–Trinajstić information content (AvgIpc) is 3.80. The number of hydrogen-bond acceptors (Lipinski definition) is 2. The Bertz CT molecular complexity index is 3440. The Kier molecular flexibility index (Phi) is 6.48. The van der Waals surface area contributed by atoms with Gasteiger partial charge in [0.2, 0.25) is 0 Å². The van der Waals surface area contributed by atoms with Crippen molar-refractivity contribution >= 4 is 106 Å². The van der Waals surface area contributed by atoms with E-state index in [4.69, 9.17) is 0 Å². The molecule has 12 rings (SSSR count). The van der Waals surface area contributed by atoms with Crippen molar-refractivity contribution in [2.45, 2.75) is 0 Å². The van der Waals surface area contributed by atoms with E-state index in [1.165, 1.54) is 117 Å². The zero-order valence-corrected chi connectivity index (χ0v) is 30.8. The maximum Gasteiger partial charge on any atom is 0.0362 e. The molecule has 0 aliphatic carbocycles. The minimum Gasteiger partial charge on any atom is -0.135 e. The Morgan fingerprint density at radius 3 is 1.48 bits per heavy atom. The van der Waals surface area contributed by atoms with E-state index in [2.05, 4.69) is 182 Å². The molecule has 0 radical (unpaired) electrons. The van der Waals surface area contributed by atoms with Crippen LogP contribution in [0.4, 0.5) is 0 Å². The van der Waals surface area contributed by atoms with Gasteiger partial charge >= 0.3 is 0 Å². The predicted molar refractivity (Wildman–Crippen MR) is 239 cm³/mol. The summed E-state index contributed by atoms with van der Waals surface area (Å²) >= 11 is 3.80. The lowest BCUT2D eigenvalue weighted by Gasteiger charge is -2.19. The molecule has 0 unspecified atom stereocenters. The zero-order valence-electron chi connectivity index (χ0n) is 29.1. The minimum absolute atomic E-state index is 1.24. The molecule has 0 aliphatic heterocycles. The highest BCUT2D eigenvalue weighted by Gasteiger charge is 2.19. The number of thiophene rings is 2. The lowest BCUT2D eigenvalue weighted by molar-refractivity contribution is 1.67. The molecular formula is C52H30S2. The molecule has 250 valence electrons. The smallest absolute Gasteiger partial charge is 0.0362 e. The van der Waals surface area contributed by atoms with Crippen LogP contribution in [0.15, 0.2) is 182 Å². The third-order valence-corrected chi connectivity index (χ3v) is 13.7. The third kappa shape index (κ3) is 4.42. The summed E-state index contributed by atoms with van der Waals surface area (Å²) in [6.07, 6.45) is 0. The molecular weight excluding hydrogens is 689 g/mol. The van der Waals surface area contributed by atoms with Crippen molar-refractivity contribution in [1.29, 1.82) is 0 Å². The van der Waals surface area contributed by atoms with Gasteiger partial charge in [-0.1, -0.05) is 146 Å². The fourth-order valence-electron chi connectivity index (χ4n) is 9.02. The Morgan fingerprint density at radius 2 is 0.759 bits per heavy atom. The zero-order chi connectivity index (χ0) is 35.3. The van der Waals surface area contributed by atoms with Gasteiger partial charge in [0, 0.05) is 40.3 Å². The van der Waals surface area contributed by atoms with Gasteiger partial charge in [-0.05, 0) is 113 Å². The van der Waals surface area contributed by atoms with Crippen LogP contribution < -0.4 is 0 Å². The molecule has 0 aliphatic rings. The van der Waals surface area contributed by atoms with Gasteiger partial charge in [0.1, 0.15) is 0 Å².